The van der Waals surface area contributed by atoms with Gasteiger partial charge in [-0.15, -0.1) is 8.57 Å². The van der Waals surface area contributed by atoms with Gasteiger partial charge in [-0.3, -0.25) is 29.5 Å². The first-order valence-electron chi connectivity index (χ1n) is 13.8. The second-order valence-electron chi connectivity index (χ2n) is 11.2. The molecule has 4 bridgehead atoms. The molecular formula is C21H34N8O12S2. The third-order valence-electron chi connectivity index (χ3n) is 8.08. The maximum Gasteiger partial charge on any atom is 0.418 e. The Hall–Kier alpha value is -2.86. The van der Waals surface area contributed by atoms with E-state index in [2.05, 4.69) is 30.3 Å². The molecular weight excluding hydrogens is 620 g/mol. The van der Waals surface area contributed by atoms with E-state index in [9.17, 15) is 36.0 Å². The van der Waals surface area contributed by atoms with Crippen molar-refractivity contribution in [3.05, 3.63) is 0 Å². The number of hydrazine groups is 2. The molecule has 0 aromatic heterocycles. The molecule has 0 spiro atoms. The van der Waals surface area contributed by atoms with Crippen LogP contribution in [-0.2, 0) is 39.0 Å². The second kappa shape index (κ2) is 12.3. The molecule has 4 aliphatic heterocycles. The van der Waals surface area contributed by atoms with Crippen molar-refractivity contribution in [1.29, 1.82) is 0 Å². The van der Waals surface area contributed by atoms with Gasteiger partial charge in [0.2, 0.25) is 0 Å². The number of nitrogens with zero attached hydrogens (tertiary/aromatic N) is 4. The highest BCUT2D eigenvalue weighted by molar-refractivity contribution is 7.81. The van der Waals surface area contributed by atoms with Crippen molar-refractivity contribution in [3.8, 4) is 0 Å². The molecule has 22 heteroatoms. The molecule has 4 saturated heterocycles. The van der Waals surface area contributed by atoms with Gasteiger partial charge in [0.1, 0.15) is 12.1 Å². The van der Waals surface area contributed by atoms with E-state index >= 15 is 0 Å². The van der Waals surface area contributed by atoms with Gasteiger partial charge in [-0.1, -0.05) is 6.42 Å². The summed E-state index contributed by atoms with van der Waals surface area (Å²) in [7, 11) is -9.53. The molecule has 6 N–H and O–H groups in total. The van der Waals surface area contributed by atoms with Gasteiger partial charge in [-0.25, -0.2) is 20.4 Å². The first kappa shape index (κ1) is 31.6. The summed E-state index contributed by atoms with van der Waals surface area (Å²) in [6, 6.07) is -3.22. The lowest BCUT2D eigenvalue weighted by atomic mass is 9.94. The molecule has 2 aliphatic carbocycles. The van der Waals surface area contributed by atoms with Gasteiger partial charge in [-0.2, -0.15) is 27.0 Å². The standard InChI is InChI=1S/C11H18N4O6S.C10H16N4O6S/c16-10(13-12-7-2-1-3-7)9-5-4-8-6-14(9)11(17)15(8)21-22(18,19)20;15-9(12-11-6-1-2-6)8-4-3-7-5-13(8)10(16)14(7)20-21(17,18)19/h7-9,12H,1-6H2,(H,13,16)(H,18,19,20);6-8,11H,1-5H2,(H,12,15)(H,17,18,19)/t8-,9+;7-,8+/m11/s1. The fourth-order valence-corrected chi connectivity index (χ4v) is 6.28. The van der Waals surface area contributed by atoms with E-state index in [-0.39, 0.29) is 30.9 Å². The van der Waals surface area contributed by atoms with Gasteiger partial charge < -0.3 is 9.80 Å². The van der Waals surface area contributed by atoms with Crippen LogP contribution < -0.4 is 21.7 Å². The molecule has 20 nitrogen and oxygen atoms in total. The quantitative estimate of drug-likeness (QED) is 0.109. The fourth-order valence-electron chi connectivity index (χ4n) is 5.50. The average molecular weight is 655 g/mol. The second-order valence-corrected chi connectivity index (χ2v) is 13.2. The first-order valence-corrected chi connectivity index (χ1v) is 16.6. The molecule has 6 aliphatic rings. The lowest BCUT2D eigenvalue weighted by Crippen LogP contribution is -2.55. The van der Waals surface area contributed by atoms with Gasteiger partial charge in [0.25, 0.3) is 11.8 Å². The third-order valence-corrected chi connectivity index (χ3v) is 8.78. The smallest absolute Gasteiger partial charge is 0.309 e. The summed E-state index contributed by atoms with van der Waals surface area (Å²) in [5.74, 6) is -0.658. The highest BCUT2D eigenvalue weighted by atomic mass is 32.3. The molecule has 4 atom stereocenters. The molecule has 6 fully saturated rings. The predicted molar refractivity (Wildman–Crippen MR) is 140 cm³/mol. The predicted octanol–water partition coefficient (Wildman–Crippen LogP) is -2.06. The van der Waals surface area contributed by atoms with Crippen LogP contribution in [0.4, 0.5) is 9.59 Å². The van der Waals surface area contributed by atoms with Gasteiger partial charge in [0.05, 0.1) is 12.1 Å². The Morgan fingerprint density at radius 1 is 0.651 bits per heavy atom. The summed E-state index contributed by atoms with van der Waals surface area (Å²) in [5.41, 5.74) is 11.0. The van der Waals surface area contributed by atoms with Crippen molar-refractivity contribution in [2.75, 3.05) is 13.1 Å². The largest absolute Gasteiger partial charge is 0.418 e. The Kier molecular flexibility index (Phi) is 9.00. The van der Waals surface area contributed by atoms with Gasteiger partial charge >= 0.3 is 32.9 Å². The summed E-state index contributed by atoms with van der Waals surface area (Å²) < 4.78 is 69.1. The van der Waals surface area contributed by atoms with Crippen molar-refractivity contribution in [2.24, 2.45) is 0 Å². The number of carbonyl (C=O) groups is 4. The number of carbonyl (C=O) groups excluding carboxylic acids is 4. The number of rotatable bonds is 10. The zero-order valence-corrected chi connectivity index (χ0v) is 24.5. The molecule has 0 aromatic carbocycles. The van der Waals surface area contributed by atoms with Crippen LogP contribution >= 0.6 is 0 Å². The van der Waals surface area contributed by atoms with Crippen LogP contribution in [0.5, 0.6) is 0 Å². The monoisotopic (exact) mass is 654 g/mol. The van der Waals surface area contributed by atoms with Gasteiger partial charge in [-0.05, 0) is 51.4 Å². The molecule has 0 aromatic rings. The molecule has 6 rings (SSSR count). The summed E-state index contributed by atoms with van der Waals surface area (Å²) in [5, 5.41) is 1.25. The average Bonchev–Trinajstić information content (AvgIpc) is 3.68. The van der Waals surface area contributed by atoms with E-state index < -0.39 is 57.0 Å². The number of fused-ring (bicyclic) bond motifs is 4. The van der Waals surface area contributed by atoms with Gasteiger partial charge in [0, 0.05) is 25.2 Å². The van der Waals surface area contributed by atoms with E-state index in [1.165, 1.54) is 9.80 Å². The van der Waals surface area contributed by atoms with Crippen LogP contribution in [0.25, 0.3) is 0 Å². The molecule has 0 unspecified atom stereocenters. The zero-order chi connectivity index (χ0) is 31.1. The molecule has 242 valence electrons. The Morgan fingerprint density at radius 3 is 1.37 bits per heavy atom. The SMILES string of the molecule is O=C(NNC1CC1)[C@@H]1CC[C@@H]2CN1C(=O)N2OS(=O)(=O)O.O=C(NNC1CCC1)[C@@H]1CC[C@@H]2CN1C(=O)N2OS(=O)(=O)O. The Morgan fingerprint density at radius 2 is 1.05 bits per heavy atom. The van der Waals surface area contributed by atoms with E-state index in [1.54, 1.807) is 0 Å². The lowest BCUT2D eigenvalue weighted by molar-refractivity contribution is -0.128. The summed E-state index contributed by atoms with van der Waals surface area (Å²) in [4.78, 5) is 51.0. The third kappa shape index (κ3) is 7.63. The van der Waals surface area contributed by atoms with Crippen molar-refractivity contribution in [1.82, 2.24) is 41.6 Å². The van der Waals surface area contributed by atoms with Crippen LogP contribution in [0, 0.1) is 0 Å². The minimum absolute atomic E-state index is 0.190. The van der Waals surface area contributed by atoms with Gasteiger partial charge in [0.15, 0.2) is 0 Å². The molecule has 0 radical (unpaired) electrons. The first-order chi connectivity index (χ1) is 20.2. The maximum absolute atomic E-state index is 12.2. The number of urea groups is 2. The van der Waals surface area contributed by atoms with Crippen molar-refractivity contribution in [2.45, 2.75) is 94.0 Å². The van der Waals surface area contributed by atoms with Crippen LogP contribution in [0.15, 0.2) is 0 Å². The minimum atomic E-state index is -4.77. The number of amides is 6. The Bertz CT molecular complexity index is 1340. The van der Waals surface area contributed by atoms with E-state index in [1.807, 2.05) is 0 Å². The Balaban J connectivity index is 0.000000171. The molecule has 43 heavy (non-hydrogen) atoms. The number of hydrogen-bond acceptors (Lipinski definition) is 12. The summed E-state index contributed by atoms with van der Waals surface area (Å²) >= 11 is 0. The Labute approximate surface area is 247 Å². The number of nitrogens with one attached hydrogen (secondary N) is 4. The van der Waals surface area contributed by atoms with Crippen LogP contribution in [0.2, 0.25) is 0 Å². The minimum Gasteiger partial charge on any atom is -0.309 e. The highest BCUT2D eigenvalue weighted by Gasteiger charge is 2.50. The summed E-state index contributed by atoms with van der Waals surface area (Å²) in [6.45, 7) is 0.381. The number of hydrogen-bond donors (Lipinski definition) is 6. The van der Waals surface area contributed by atoms with E-state index in [0.29, 0.717) is 41.9 Å². The summed E-state index contributed by atoms with van der Waals surface area (Å²) in [6.07, 6.45) is 6.79. The normalized spacial score (nSPS) is 28.8. The van der Waals surface area contributed by atoms with Crippen LogP contribution in [-0.4, -0.2) is 119 Å². The zero-order valence-electron chi connectivity index (χ0n) is 22.8. The van der Waals surface area contributed by atoms with Crippen LogP contribution in [0.3, 0.4) is 0 Å². The number of piperidine rings is 2. The highest BCUT2D eigenvalue weighted by Crippen LogP contribution is 2.32. The van der Waals surface area contributed by atoms with E-state index in [0.717, 1.165) is 32.1 Å². The maximum atomic E-state index is 12.2. The van der Waals surface area contributed by atoms with Crippen molar-refractivity contribution in [3.63, 3.8) is 0 Å². The molecule has 4 heterocycles. The lowest BCUT2D eigenvalue weighted by Gasteiger charge is -2.31. The topological polar surface area (TPSA) is 257 Å². The number of hydroxylamine groups is 4. The van der Waals surface area contributed by atoms with E-state index in [4.69, 9.17) is 9.11 Å². The fraction of sp³-hybridized carbons (Fsp3) is 0.810. The van der Waals surface area contributed by atoms with Crippen molar-refractivity contribution >= 4 is 44.7 Å². The molecule has 2 saturated carbocycles. The molecule has 6 amide bonds. The van der Waals surface area contributed by atoms with Crippen LogP contribution in [0.1, 0.15) is 57.8 Å². The van der Waals surface area contributed by atoms with Crippen molar-refractivity contribution < 1.29 is 53.7 Å².